The van der Waals surface area contributed by atoms with Crippen molar-refractivity contribution >= 4 is 34.4 Å². The topological polar surface area (TPSA) is 121 Å². The number of carbonyl (C=O) groups excluding carboxylic acids is 3. The Labute approximate surface area is 269 Å². The molecule has 1 aromatic heterocycles. The highest BCUT2D eigenvalue weighted by Crippen LogP contribution is 2.66. The van der Waals surface area contributed by atoms with Crippen LogP contribution >= 0.6 is 0 Å². The van der Waals surface area contributed by atoms with Crippen molar-refractivity contribution in [3.63, 3.8) is 0 Å². The lowest BCUT2D eigenvalue weighted by molar-refractivity contribution is -0.156. The number of rotatable bonds is 12. The van der Waals surface area contributed by atoms with Gasteiger partial charge in [-0.15, -0.1) is 18.3 Å². The van der Waals surface area contributed by atoms with E-state index in [1.54, 1.807) is 26.6 Å². The molecule has 0 saturated carbocycles. The molecule has 11 nitrogen and oxygen atoms in total. The monoisotopic (exact) mass is 626 g/mol. The Morgan fingerprint density at radius 3 is 2.48 bits per heavy atom. The molecule has 11 heteroatoms. The molecule has 3 aliphatic rings. The summed E-state index contributed by atoms with van der Waals surface area (Å²) < 4.78 is 8.61. The number of para-hydroxylation sites is 2. The summed E-state index contributed by atoms with van der Waals surface area (Å²) in [5, 5.41) is 19.0. The summed E-state index contributed by atoms with van der Waals surface area (Å²) in [6.07, 6.45) is 4.13. The highest BCUT2D eigenvalue weighted by molar-refractivity contribution is 6.03. The number of carbonyl (C=O) groups is 3. The van der Waals surface area contributed by atoms with E-state index < -0.39 is 35.1 Å². The van der Waals surface area contributed by atoms with Crippen molar-refractivity contribution in [2.45, 2.75) is 63.6 Å². The predicted molar refractivity (Wildman–Crippen MR) is 173 cm³/mol. The van der Waals surface area contributed by atoms with Gasteiger partial charge in [0.25, 0.3) is 0 Å². The molecule has 0 radical (unpaired) electrons. The van der Waals surface area contributed by atoms with Gasteiger partial charge in [-0.3, -0.25) is 14.4 Å². The molecule has 0 aliphatic carbocycles. The lowest BCUT2D eigenvalue weighted by Gasteiger charge is -2.39. The van der Waals surface area contributed by atoms with Gasteiger partial charge in [-0.05, 0) is 49.9 Å². The maximum atomic E-state index is 14.9. The molecule has 242 valence electrons. The van der Waals surface area contributed by atoms with Crippen LogP contribution in [0.5, 0.6) is 0 Å². The molecule has 3 aliphatic heterocycles. The Morgan fingerprint density at radius 1 is 1.11 bits per heavy atom. The van der Waals surface area contributed by atoms with Crippen LogP contribution in [0.1, 0.15) is 33.6 Å². The molecule has 2 aromatic carbocycles. The zero-order valence-electron chi connectivity index (χ0n) is 26.7. The van der Waals surface area contributed by atoms with Crippen molar-refractivity contribution in [3.8, 4) is 0 Å². The Bertz CT molecular complexity index is 1660. The minimum Gasteiger partial charge on any atom is -0.394 e. The van der Waals surface area contributed by atoms with Crippen LogP contribution in [-0.2, 0) is 25.8 Å². The Hall–Kier alpha value is -4.35. The maximum Gasteiger partial charge on any atom is 0.250 e. The second-order valence-electron chi connectivity index (χ2n) is 12.8. The first-order valence-corrected chi connectivity index (χ1v) is 15.9. The molecule has 6 rings (SSSR count). The van der Waals surface area contributed by atoms with E-state index in [4.69, 9.17) is 4.74 Å². The van der Waals surface area contributed by atoms with Crippen LogP contribution in [0.4, 0.5) is 5.69 Å². The van der Waals surface area contributed by atoms with Crippen LogP contribution in [0.25, 0.3) is 11.0 Å². The summed E-state index contributed by atoms with van der Waals surface area (Å²) in [4.78, 5) is 49.1. The lowest BCUT2D eigenvalue weighted by atomic mass is 9.62. The molecule has 1 N–H and O–H groups in total. The first kappa shape index (κ1) is 31.6. The number of aliphatic hydroxyl groups is 1. The van der Waals surface area contributed by atoms with Crippen LogP contribution in [0.2, 0.25) is 0 Å². The Morgan fingerprint density at radius 2 is 1.80 bits per heavy atom. The molecule has 3 saturated heterocycles. The number of ether oxygens (including phenoxy) is 1. The molecule has 2 bridgehead atoms. The minimum atomic E-state index is -1.27. The van der Waals surface area contributed by atoms with Gasteiger partial charge < -0.3 is 24.5 Å². The van der Waals surface area contributed by atoms with Crippen molar-refractivity contribution < 1.29 is 24.2 Å². The quantitative estimate of drug-likeness (QED) is 0.306. The number of benzene rings is 2. The van der Waals surface area contributed by atoms with Crippen molar-refractivity contribution in [1.82, 2.24) is 24.8 Å². The van der Waals surface area contributed by atoms with Crippen molar-refractivity contribution in [3.05, 3.63) is 79.9 Å². The third-order valence-electron chi connectivity index (χ3n) is 10.4. The standard InChI is InChI=1S/C35H42N6O5/c1-6-18-38(22-40-27-17-13-12-16-26(27)36-37-40)33(45)30-35-20-23(4)34(5,46-35)28(29(35)32(44)41(30)24(8-3)21-42)31(43)39(19-7-2)25-14-10-9-11-15-25/h6-7,9-17,23-24,28-30,42H,1-2,8,18-22H2,3-5H3/t23?,24-,28-,29-,30?,34+,35?/m0/s1. The van der Waals surface area contributed by atoms with Crippen LogP contribution in [0.15, 0.2) is 79.9 Å². The predicted octanol–water partition coefficient (Wildman–Crippen LogP) is 3.40. The number of aliphatic hydroxyl groups excluding tert-OH is 1. The van der Waals surface area contributed by atoms with Gasteiger partial charge in [0.15, 0.2) is 0 Å². The van der Waals surface area contributed by atoms with E-state index in [1.165, 1.54) is 4.90 Å². The van der Waals surface area contributed by atoms with Gasteiger partial charge in [-0.2, -0.15) is 0 Å². The third kappa shape index (κ3) is 4.67. The van der Waals surface area contributed by atoms with Crippen LogP contribution in [0, 0.1) is 17.8 Å². The van der Waals surface area contributed by atoms with Crippen LogP contribution in [-0.4, -0.2) is 90.6 Å². The fourth-order valence-corrected chi connectivity index (χ4v) is 8.10. The van der Waals surface area contributed by atoms with Gasteiger partial charge in [-0.25, -0.2) is 4.68 Å². The van der Waals surface area contributed by atoms with Gasteiger partial charge in [-0.1, -0.05) is 61.5 Å². The molecular formula is C35H42N6O5. The summed E-state index contributed by atoms with van der Waals surface area (Å²) in [5.41, 5.74) is -0.128. The van der Waals surface area contributed by atoms with E-state index in [1.807, 2.05) is 75.4 Å². The second-order valence-corrected chi connectivity index (χ2v) is 12.8. The highest BCUT2D eigenvalue weighted by Gasteiger charge is 2.80. The normalized spacial score (nSPS) is 28.7. The molecule has 3 amide bonds. The van der Waals surface area contributed by atoms with E-state index in [-0.39, 0.29) is 50.0 Å². The van der Waals surface area contributed by atoms with E-state index in [2.05, 4.69) is 23.5 Å². The number of amides is 3. The summed E-state index contributed by atoms with van der Waals surface area (Å²) in [7, 11) is 0. The van der Waals surface area contributed by atoms with E-state index >= 15 is 0 Å². The number of hydrogen-bond donors (Lipinski definition) is 1. The number of fused-ring (bicyclic) bond motifs is 2. The van der Waals surface area contributed by atoms with Gasteiger partial charge in [0.05, 0.1) is 35.6 Å². The fraction of sp³-hybridized carbons (Fsp3) is 0.457. The molecule has 1 spiro atoms. The summed E-state index contributed by atoms with van der Waals surface area (Å²) in [5.74, 6) is -2.84. The van der Waals surface area contributed by atoms with Crippen LogP contribution < -0.4 is 4.90 Å². The fourth-order valence-electron chi connectivity index (χ4n) is 8.10. The van der Waals surface area contributed by atoms with E-state index in [0.717, 1.165) is 5.52 Å². The smallest absolute Gasteiger partial charge is 0.250 e. The third-order valence-corrected chi connectivity index (χ3v) is 10.4. The molecule has 3 aromatic rings. The van der Waals surface area contributed by atoms with Crippen LogP contribution in [0.3, 0.4) is 0 Å². The zero-order valence-corrected chi connectivity index (χ0v) is 26.7. The van der Waals surface area contributed by atoms with Crippen molar-refractivity contribution in [2.24, 2.45) is 17.8 Å². The summed E-state index contributed by atoms with van der Waals surface area (Å²) in [6, 6.07) is 15.1. The van der Waals surface area contributed by atoms with Gasteiger partial charge in [0, 0.05) is 18.8 Å². The summed E-state index contributed by atoms with van der Waals surface area (Å²) in [6.45, 7) is 13.7. The molecule has 3 unspecified atom stereocenters. The zero-order chi connectivity index (χ0) is 32.8. The maximum absolute atomic E-state index is 14.9. The largest absolute Gasteiger partial charge is 0.394 e. The lowest BCUT2D eigenvalue weighted by Crippen LogP contribution is -2.59. The van der Waals surface area contributed by atoms with Gasteiger partial charge in [0.1, 0.15) is 23.8 Å². The Kier molecular flexibility index (Phi) is 8.32. The highest BCUT2D eigenvalue weighted by atomic mass is 16.5. The van der Waals surface area contributed by atoms with Gasteiger partial charge >= 0.3 is 0 Å². The molecule has 7 atom stereocenters. The number of hydrogen-bond acceptors (Lipinski definition) is 7. The average molecular weight is 627 g/mol. The minimum absolute atomic E-state index is 0.0663. The SMILES string of the molecule is C=CCN(Cn1nnc2ccccc21)C(=O)C1N([C@@H](CC)CO)C(=O)[C@@H]2[C@@H](C(=O)N(CC=C)c3ccccc3)[C@]3(C)OC12CC3C. The van der Waals surface area contributed by atoms with E-state index in [9.17, 15) is 19.5 Å². The first-order valence-electron chi connectivity index (χ1n) is 15.9. The number of anilines is 1. The number of likely N-dealkylation sites (tertiary alicyclic amines) is 1. The molecular weight excluding hydrogens is 584 g/mol. The van der Waals surface area contributed by atoms with Crippen molar-refractivity contribution in [1.29, 1.82) is 0 Å². The molecule has 46 heavy (non-hydrogen) atoms. The van der Waals surface area contributed by atoms with Gasteiger partial charge in [0.2, 0.25) is 17.7 Å². The average Bonchev–Trinajstić information content (AvgIpc) is 3.73. The molecule has 4 heterocycles. The Balaban J connectivity index is 1.45. The second kappa shape index (κ2) is 12.1. The summed E-state index contributed by atoms with van der Waals surface area (Å²) >= 11 is 0. The van der Waals surface area contributed by atoms with E-state index in [0.29, 0.717) is 24.0 Å². The molecule has 3 fully saturated rings. The number of aromatic nitrogens is 3. The first-order chi connectivity index (χ1) is 22.2. The van der Waals surface area contributed by atoms with Crippen molar-refractivity contribution in [2.75, 3.05) is 24.6 Å². The number of nitrogens with zero attached hydrogens (tertiary/aromatic N) is 6.